The fourth-order valence-corrected chi connectivity index (χ4v) is 8.09. The van der Waals surface area contributed by atoms with Crippen molar-refractivity contribution in [2.45, 2.75) is 89.4 Å². The number of anilines is 2. The lowest BCUT2D eigenvalue weighted by Crippen LogP contribution is -2.35. The van der Waals surface area contributed by atoms with Gasteiger partial charge >= 0.3 is 0 Å². The van der Waals surface area contributed by atoms with Crippen LogP contribution in [0.15, 0.2) is 97.1 Å². The van der Waals surface area contributed by atoms with Crippen LogP contribution in [0.1, 0.15) is 95.1 Å². The summed E-state index contributed by atoms with van der Waals surface area (Å²) < 4.78 is 12.3. The second kappa shape index (κ2) is 14.5. The van der Waals surface area contributed by atoms with Crippen molar-refractivity contribution in [1.29, 1.82) is 0 Å². The minimum absolute atomic E-state index is 0.0285. The van der Waals surface area contributed by atoms with E-state index in [4.69, 9.17) is 20.9 Å². The third kappa shape index (κ3) is 7.66. The van der Waals surface area contributed by atoms with Crippen molar-refractivity contribution in [2.75, 3.05) is 11.5 Å². The van der Waals surface area contributed by atoms with Gasteiger partial charge in [-0.2, -0.15) is 0 Å². The first-order chi connectivity index (χ1) is 22.0. The standard InChI is InChI=1S/C41H50N2O2/c1-2-3-4-7-30-12-14-31(15-13-30)32-24-26-41(27-25-32,33-16-20-37(21-17-33)44-39-10-5-8-35(42)28-39)34-18-22-38(23-19-34)45-40-11-6-9-36(43)29-40/h5-6,8-11,16-23,28-32H,2-4,7,12-15,24-27,42-43H2,1H3. The highest BCUT2D eigenvalue weighted by atomic mass is 16.5. The minimum atomic E-state index is -0.0285. The maximum atomic E-state index is 6.15. The summed E-state index contributed by atoms with van der Waals surface area (Å²) in [6, 6.07) is 32.8. The number of hydrogen-bond acceptors (Lipinski definition) is 4. The summed E-state index contributed by atoms with van der Waals surface area (Å²) >= 11 is 0. The van der Waals surface area contributed by atoms with E-state index in [1.54, 1.807) is 0 Å². The molecular formula is C41H50N2O2. The van der Waals surface area contributed by atoms with Crippen molar-refractivity contribution in [2.24, 2.45) is 17.8 Å². The van der Waals surface area contributed by atoms with Gasteiger partial charge in [0.1, 0.15) is 23.0 Å². The van der Waals surface area contributed by atoms with Gasteiger partial charge in [-0.25, -0.2) is 0 Å². The predicted molar refractivity (Wildman–Crippen MR) is 187 cm³/mol. The number of nitrogens with two attached hydrogens (primary N) is 2. The fraction of sp³-hybridized carbons (Fsp3) is 0.415. The van der Waals surface area contributed by atoms with Gasteiger partial charge in [0.05, 0.1) is 0 Å². The number of rotatable bonds is 11. The molecule has 2 fully saturated rings. The maximum absolute atomic E-state index is 6.15. The van der Waals surface area contributed by atoms with Crippen LogP contribution in [0.2, 0.25) is 0 Å². The summed E-state index contributed by atoms with van der Waals surface area (Å²) in [4.78, 5) is 0. The number of unbranched alkanes of at least 4 members (excludes halogenated alkanes) is 2. The molecule has 4 aromatic carbocycles. The summed E-state index contributed by atoms with van der Waals surface area (Å²) in [5.74, 6) is 5.88. The summed E-state index contributed by atoms with van der Waals surface area (Å²) in [5.41, 5.74) is 16.1. The highest BCUT2D eigenvalue weighted by Gasteiger charge is 2.41. The highest BCUT2D eigenvalue weighted by molar-refractivity contribution is 5.48. The quantitative estimate of drug-likeness (QED) is 0.132. The van der Waals surface area contributed by atoms with E-state index in [0.29, 0.717) is 11.4 Å². The fourth-order valence-electron chi connectivity index (χ4n) is 8.09. The molecule has 236 valence electrons. The Kier molecular flexibility index (Phi) is 9.98. The second-order valence-electron chi connectivity index (χ2n) is 13.6. The monoisotopic (exact) mass is 602 g/mol. The van der Waals surface area contributed by atoms with Crippen molar-refractivity contribution >= 4 is 11.4 Å². The van der Waals surface area contributed by atoms with Crippen LogP contribution < -0.4 is 20.9 Å². The zero-order valence-corrected chi connectivity index (χ0v) is 26.9. The SMILES string of the molecule is CCCCCC1CCC(C2CCC(c3ccc(Oc4cccc(N)c4)cc3)(c3ccc(Oc4cccc(N)c4)cc3)CC2)CC1. The van der Waals surface area contributed by atoms with Crippen molar-refractivity contribution < 1.29 is 9.47 Å². The average molecular weight is 603 g/mol. The van der Waals surface area contributed by atoms with Crippen molar-refractivity contribution in [1.82, 2.24) is 0 Å². The summed E-state index contributed by atoms with van der Waals surface area (Å²) in [6.45, 7) is 2.31. The molecule has 0 bridgehead atoms. The van der Waals surface area contributed by atoms with Crippen LogP contribution in [0.25, 0.3) is 0 Å². The molecule has 0 aromatic heterocycles. The van der Waals surface area contributed by atoms with Crippen LogP contribution in [0.4, 0.5) is 11.4 Å². The van der Waals surface area contributed by atoms with Gasteiger partial charge in [0.15, 0.2) is 0 Å². The van der Waals surface area contributed by atoms with Crippen molar-refractivity contribution in [3.05, 3.63) is 108 Å². The zero-order chi connectivity index (χ0) is 31.1. The Balaban J connectivity index is 1.19. The molecule has 2 aliphatic carbocycles. The van der Waals surface area contributed by atoms with E-state index in [1.165, 1.54) is 88.2 Å². The first-order valence-electron chi connectivity index (χ1n) is 17.3. The molecule has 0 amide bonds. The molecule has 0 saturated heterocycles. The lowest BCUT2D eigenvalue weighted by atomic mass is 9.60. The summed E-state index contributed by atoms with van der Waals surface area (Å²) in [6.07, 6.45) is 16.2. The minimum Gasteiger partial charge on any atom is -0.457 e. The molecule has 2 aliphatic rings. The van der Waals surface area contributed by atoms with Crippen LogP contribution in [0.5, 0.6) is 23.0 Å². The zero-order valence-electron chi connectivity index (χ0n) is 26.9. The maximum Gasteiger partial charge on any atom is 0.129 e. The Morgan fingerprint density at radius 3 is 1.53 bits per heavy atom. The Hall–Kier alpha value is -3.92. The van der Waals surface area contributed by atoms with Crippen LogP contribution in [-0.4, -0.2) is 0 Å². The van der Waals surface area contributed by atoms with E-state index >= 15 is 0 Å². The first-order valence-corrected chi connectivity index (χ1v) is 17.3. The van der Waals surface area contributed by atoms with Crippen LogP contribution in [0, 0.1) is 17.8 Å². The van der Waals surface area contributed by atoms with Crippen LogP contribution >= 0.6 is 0 Å². The molecule has 2 saturated carbocycles. The molecule has 0 atom stereocenters. The Morgan fingerprint density at radius 1 is 0.578 bits per heavy atom. The number of nitrogen functional groups attached to an aromatic ring is 2. The van der Waals surface area contributed by atoms with E-state index in [1.807, 2.05) is 48.5 Å². The molecule has 0 unspecified atom stereocenters. The average Bonchev–Trinajstić information content (AvgIpc) is 3.06. The van der Waals surface area contributed by atoms with Gasteiger partial charge in [0.25, 0.3) is 0 Å². The Morgan fingerprint density at radius 2 is 1.07 bits per heavy atom. The van der Waals surface area contributed by atoms with E-state index < -0.39 is 0 Å². The molecule has 4 heteroatoms. The molecule has 4 nitrogen and oxygen atoms in total. The van der Waals surface area contributed by atoms with E-state index in [9.17, 15) is 0 Å². The van der Waals surface area contributed by atoms with Gasteiger partial charge in [0.2, 0.25) is 0 Å². The Labute approximate surface area is 270 Å². The lowest BCUT2D eigenvalue weighted by Gasteiger charge is -2.44. The molecule has 0 aliphatic heterocycles. The molecule has 0 heterocycles. The topological polar surface area (TPSA) is 70.5 Å². The molecule has 6 rings (SSSR count). The van der Waals surface area contributed by atoms with Gasteiger partial charge in [-0.3, -0.25) is 0 Å². The third-order valence-electron chi connectivity index (χ3n) is 10.7. The summed E-state index contributed by atoms with van der Waals surface area (Å²) in [7, 11) is 0. The van der Waals surface area contributed by atoms with Gasteiger partial charge in [-0.05, 0) is 116 Å². The van der Waals surface area contributed by atoms with E-state index in [2.05, 4.69) is 55.5 Å². The first kappa shape index (κ1) is 31.1. The van der Waals surface area contributed by atoms with Crippen LogP contribution in [-0.2, 0) is 5.41 Å². The smallest absolute Gasteiger partial charge is 0.129 e. The number of hydrogen-bond donors (Lipinski definition) is 2. The van der Waals surface area contributed by atoms with Crippen molar-refractivity contribution in [3.63, 3.8) is 0 Å². The lowest BCUT2D eigenvalue weighted by molar-refractivity contribution is 0.140. The van der Waals surface area contributed by atoms with E-state index in [-0.39, 0.29) is 5.41 Å². The molecule has 45 heavy (non-hydrogen) atoms. The Bertz CT molecular complexity index is 1400. The molecular weight excluding hydrogens is 552 g/mol. The van der Waals surface area contributed by atoms with Gasteiger partial charge in [0, 0.05) is 28.9 Å². The highest BCUT2D eigenvalue weighted by Crippen LogP contribution is 2.51. The normalized spacial score (nSPS) is 20.0. The molecule has 0 radical (unpaired) electrons. The number of ether oxygens (including phenoxy) is 2. The third-order valence-corrected chi connectivity index (χ3v) is 10.7. The van der Waals surface area contributed by atoms with Crippen molar-refractivity contribution in [3.8, 4) is 23.0 Å². The van der Waals surface area contributed by atoms with Gasteiger partial charge < -0.3 is 20.9 Å². The predicted octanol–water partition coefficient (Wildman–Crippen LogP) is 11.3. The molecule has 0 spiro atoms. The largest absolute Gasteiger partial charge is 0.457 e. The van der Waals surface area contributed by atoms with E-state index in [0.717, 1.165) is 40.8 Å². The van der Waals surface area contributed by atoms with Crippen LogP contribution in [0.3, 0.4) is 0 Å². The molecule has 4 aromatic rings. The molecule has 4 N–H and O–H groups in total. The second-order valence-corrected chi connectivity index (χ2v) is 13.6. The summed E-state index contributed by atoms with van der Waals surface area (Å²) in [5, 5.41) is 0. The van der Waals surface area contributed by atoms with Gasteiger partial charge in [-0.15, -0.1) is 0 Å². The number of benzene rings is 4. The van der Waals surface area contributed by atoms with Gasteiger partial charge in [-0.1, -0.05) is 81.8 Å².